The fourth-order valence-corrected chi connectivity index (χ4v) is 2.64. The van der Waals surface area contributed by atoms with E-state index < -0.39 is 0 Å². The Hall–Kier alpha value is -1.92. The van der Waals surface area contributed by atoms with Gasteiger partial charge < -0.3 is 15.0 Å². The molecular formula is C17H20BrN3O2. The van der Waals surface area contributed by atoms with Gasteiger partial charge >= 0.3 is 0 Å². The van der Waals surface area contributed by atoms with E-state index in [9.17, 15) is 4.79 Å². The van der Waals surface area contributed by atoms with E-state index in [4.69, 9.17) is 4.74 Å². The van der Waals surface area contributed by atoms with Crippen LogP contribution in [-0.4, -0.2) is 43.5 Å². The number of amides is 1. The first kappa shape index (κ1) is 17.4. The van der Waals surface area contributed by atoms with Crippen molar-refractivity contribution in [3.63, 3.8) is 0 Å². The summed E-state index contributed by atoms with van der Waals surface area (Å²) in [7, 11) is 5.61. The lowest BCUT2D eigenvalue weighted by atomic mass is 10.1. The third-order valence-electron chi connectivity index (χ3n) is 3.52. The van der Waals surface area contributed by atoms with Crippen LogP contribution in [-0.2, 0) is 0 Å². The van der Waals surface area contributed by atoms with E-state index in [1.54, 1.807) is 25.6 Å². The molecule has 0 aliphatic rings. The van der Waals surface area contributed by atoms with Crippen molar-refractivity contribution in [2.24, 2.45) is 0 Å². The van der Waals surface area contributed by atoms with E-state index in [2.05, 4.69) is 31.1 Å². The summed E-state index contributed by atoms with van der Waals surface area (Å²) < 4.78 is 6.05. The van der Waals surface area contributed by atoms with Crippen LogP contribution in [0.3, 0.4) is 0 Å². The Morgan fingerprint density at radius 3 is 2.78 bits per heavy atom. The maximum atomic E-state index is 12.3. The predicted molar refractivity (Wildman–Crippen MR) is 93.7 cm³/mol. The summed E-state index contributed by atoms with van der Waals surface area (Å²) in [6.07, 6.45) is 3.20. The highest BCUT2D eigenvalue weighted by molar-refractivity contribution is 9.10. The number of hydrogen-bond acceptors (Lipinski definition) is 4. The fourth-order valence-electron chi connectivity index (χ4n) is 2.27. The highest BCUT2D eigenvalue weighted by Gasteiger charge is 2.16. The molecule has 2 rings (SSSR count). The molecule has 0 fully saturated rings. The average Bonchev–Trinajstić information content (AvgIpc) is 2.54. The first-order valence-electron chi connectivity index (χ1n) is 7.20. The van der Waals surface area contributed by atoms with Crippen molar-refractivity contribution in [3.8, 4) is 5.75 Å². The minimum atomic E-state index is -0.145. The third kappa shape index (κ3) is 4.77. The molecule has 1 N–H and O–H groups in total. The topological polar surface area (TPSA) is 54.5 Å². The molecule has 122 valence electrons. The molecule has 5 nitrogen and oxygen atoms in total. The smallest absolute Gasteiger partial charge is 0.252 e. The number of nitrogens with one attached hydrogen (secondary N) is 1. The molecule has 6 heteroatoms. The van der Waals surface area contributed by atoms with Crippen molar-refractivity contribution >= 4 is 21.8 Å². The molecule has 1 amide bonds. The predicted octanol–water partition coefficient (Wildman–Crippen LogP) is 2.89. The highest BCUT2D eigenvalue weighted by Crippen LogP contribution is 2.22. The second kappa shape index (κ2) is 8.08. The minimum Gasteiger partial charge on any atom is -0.497 e. The molecule has 0 spiro atoms. The molecule has 1 unspecified atom stereocenters. The molecule has 0 saturated carbocycles. The third-order valence-corrected chi connectivity index (χ3v) is 3.96. The van der Waals surface area contributed by atoms with Crippen LogP contribution in [0.4, 0.5) is 0 Å². The Morgan fingerprint density at radius 2 is 2.13 bits per heavy atom. The molecule has 1 aromatic heterocycles. The Bertz CT molecular complexity index is 676. The van der Waals surface area contributed by atoms with E-state index >= 15 is 0 Å². The van der Waals surface area contributed by atoms with Gasteiger partial charge in [-0.05, 0) is 53.8 Å². The van der Waals surface area contributed by atoms with Crippen molar-refractivity contribution in [2.75, 3.05) is 27.7 Å². The van der Waals surface area contributed by atoms with Gasteiger partial charge in [-0.25, -0.2) is 0 Å². The molecule has 23 heavy (non-hydrogen) atoms. The number of methoxy groups -OCH3 is 1. The van der Waals surface area contributed by atoms with Crippen molar-refractivity contribution in [1.29, 1.82) is 0 Å². The number of likely N-dealkylation sites (N-methyl/N-ethyl adjacent to an activating group) is 1. The number of nitrogens with zero attached hydrogens (tertiary/aromatic N) is 2. The van der Waals surface area contributed by atoms with E-state index in [0.717, 1.165) is 15.8 Å². The Labute approximate surface area is 144 Å². The van der Waals surface area contributed by atoms with Gasteiger partial charge in [0, 0.05) is 23.4 Å². The molecule has 0 aliphatic carbocycles. The Morgan fingerprint density at radius 1 is 1.35 bits per heavy atom. The lowest BCUT2D eigenvalue weighted by Crippen LogP contribution is -2.34. The maximum absolute atomic E-state index is 12.3. The number of carbonyl (C=O) groups excluding carboxylic acids is 1. The minimum absolute atomic E-state index is 0.0502. The number of benzene rings is 1. The van der Waals surface area contributed by atoms with E-state index in [-0.39, 0.29) is 11.9 Å². The van der Waals surface area contributed by atoms with Crippen LogP contribution < -0.4 is 10.1 Å². The average molecular weight is 378 g/mol. The van der Waals surface area contributed by atoms with Crippen LogP contribution in [0.2, 0.25) is 0 Å². The monoisotopic (exact) mass is 377 g/mol. The Kier molecular flexibility index (Phi) is 6.12. The van der Waals surface area contributed by atoms with Gasteiger partial charge in [-0.15, -0.1) is 0 Å². The molecule has 0 radical (unpaired) electrons. The molecule has 0 bridgehead atoms. The summed E-state index contributed by atoms with van der Waals surface area (Å²) in [5, 5.41) is 2.96. The number of carbonyl (C=O) groups is 1. The number of aromatic nitrogens is 1. The first-order valence-corrected chi connectivity index (χ1v) is 7.99. The van der Waals surface area contributed by atoms with Gasteiger partial charge in [-0.2, -0.15) is 0 Å². The van der Waals surface area contributed by atoms with Crippen LogP contribution in [0.15, 0.2) is 47.2 Å². The highest BCUT2D eigenvalue weighted by atomic mass is 79.9. The Balaban J connectivity index is 2.09. The second-order valence-electron chi connectivity index (χ2n) is 5.36. The zero-order valence-electron chi connectivity index (χ0n) is 13.4. The summed E-state index contributed by atoms with van der Waals surface area (Å²) in [5.74, 6) is 0.658. The quantitative estimate of drug-likeness (QED) is 0.840. The van der Waals surface area contributed by atoms with Crippen LogP contribution >= 0.6 is 15.9 Å². The normalized spacial score (nSPS) is 12.0. The standard InChI is InChI=1S/C17H20BrN3O2/c1-21(2)16(12-5-4-6-15(8-12)23-3)11-20-17(22)13-7-14(18)10-19-9-13/h4-10,16H,11H2,1-3H3,(H,20,22). The number of halogens is 1. The number of pyridine rings is 1. The zero-order chi connectivity index (χ0) is 16.8. The molecule has 1 atom stereocenters. The SMILES string of the molecule is COc1cccc(C(CNC(=O)c2cncc(Br)c2)N(C)C)c1. The summed E-state index contributed by atoms with van der Waals surface area (Å²) in [4.78, 5) is 18.3. The summed E-state index contributed by atoms with van der Waals surface area (Å²) >= 11 is 3.32. The maximum Gasteiger partial charge on any atom is 0.252 e. The second-order valence-corrected chi connectivity index (χ2v) is 6.27. The molecule has 1 aromatic carbocycles. The lowest BCUT2D eigenvalue weighted by Gasteiger charge is -2.25. The van der Waals surface area contributed by atoms with Gasteiger partial charge in [0.2, 0.25) is 0 Å². The fraction of sp³-hybridized carbons (Fsp3) is 0.294. The number of rotatable bonds is 6. The molecule has 0 saturated heterocycles. The molecule has 1 heterocycles. The van der Waals surface area contributed by atoms with Gasteiger partial charge in [0.1, 0.15) is 5.75 Å². The van der Waals surface area contributed by atoms with Crippen LogP contribution in [0.1, 0.15) is 22.0 Å². The molecule has 0 aliphatic heterocycles. The van der Waals surface area contributed by atoms with Gasteiger partial charge in [0.05, 0.1) is 18.7 Å². The van der Waals surface area contributed by atoms with Gasteiger partial charge in [-0.3, -0.25) is 9.78 Å². The lowest BCUT2D eigenvalue weighted by molar-refractivity contribution is 0.0941. The molecular weight excluding hydrogens is 358 g/mol. The van der Waals surface area contributed by atoms with Gasteiger partial charge in [-0.1, -0.05) is 12.1 Å². The van der Waals surface area contributed by atoms with E-state index in [1.165, 1.54) is 0 Å². The van der Waals surface area contributed by atoms with Crippen LogP contribution in [0.25, 0.3) is 0 Å². The molecule has 2 aromatic rings. The van der Waals surface area contributed by atoms with Gasteiger partial charge in [0.25, 0.3) is 5.91 Å². The summed E-state index contributed by atoms with van der Waals surface area (Å²) in [5.41, 5.74) is 1.62. The van der Waals surface area contributed by atoms with Crippen molar-refractivity contribution in [3.05, 3.63) is 58.3 Å². The summed E-state index contributed by atoms with van der Waals surface area (Å²) in [6, 6.07) is 9.66. The summed E-state index contributed by atoms with van der Waals surface area (Å²) in [6.45, 7) is 0.492. The van der Waals surface area contributed by atoms with Crippen molar-refractivity contribution < 1.29 is 9.53 Å². The number of ether oxygens (including phenoxy) is 1. The number of hydrogen-bond donors (Lipinski definition) is 1. The van der Waals surface area contributed by atoms with Gasteiger partial charge in [0.15, 0.2) is 0 Å². The first-order chi connectivity index (χ1) is 11.0. The zero-order valence-corrected chi connectivity index (χ0v) is 15.0. The van der Waals surface area contributed by atoms with Crippen LogP contribution in [0, 0.1) is 0 Å². The largest absolute Gasteiger partial charge is 0.497 e. The van der Waals surface area contributed by atoms with E-state index in [0.29, 0.717) is 12.1 Å². The van der Waals surface area contributed by atoms with Crippen molar-refractivity contribution in [2.45, 2.75) is 6.04 Å². The van der Waals surface area contributed by atoms with E-state index in [1.807, 2.05) is 38.4 Å². The van der Waals surface area contributed by atoms with Crippen molar-refractivity contribution in [1.82, 2.24) is 15.2 Å². The van der Waals surface area contributed by atoms with Crippen LogP contribution in [0.5, 0.6) is 5.75 Å².